The summed E-state index contributed by atoms with van der Waals surface area (Å²) in [5.74, 6) is 2.50. The molecule has 0 unspecified atom stereocenters. The van der Waals surface area contributed by atoms with E-state index in [4.69, 9.17) is 4.98 Å². The first kappa shape index (κ1) is 16.3. The number of H-pyrrole nitrogens is 1. The van der Waals surface area contributed by atoms with Crippen molar-refractivity contribution in [2.75, 3.05) is 12.8 Å². The van der Waals surface area contributed by atoms with Crippen LogP contribution >= 0.6 is 0 Å². The van der Waals surface area contributed by atoms with Gasteiger partial charge in [0.2, 0.25) is 10.0 Å². The number of hydrogen-bond acceptors (Lipinski definition) is 4. The highest BCUT2D eigenvalue weighted by molar-refractivity contribution is 7.88. The molecule has 138 valence electrons. The van der Waals surface area contributed by atoms with Crippen LogP contribution in [0.2, 0.25) is 0 Å². The molecule has 2 fully saturated rings. The minimum absolute atomic E-state index is 0.368. The molecule has 2 saturated carbocycles. The van der Waals surface area contributed by atoms with Crippen LogP contribution in [-0.2, 0) is 16.4 Å². The summed E-state index contributed by atoms with van der Waals surface area (Å²) in [7, 11) is -3.19. The van der Waals surface area contributed by atoms with Gasteiger partial charge in [-0.05, 0) is 37.2 Å². The van der Waals surface area contributed by atoms with Crippen LogP contribution in [0.1, 0.15) is 37.5 Å². The normalized spacial score (nSPS) is 25.7. The average molecular weight is 373 g/mol. The molecule has 0 amide bonds. The first-order valence-electron chi connectivity index (χ1n) is 9.27. The Morgan fingerprint density at radius 1 is 1.35 bits per heavy atom. The highest BCUT2D eigenvalue weighted by Crippen LogP contribution is 2.52. The third-order valence-electron chi connectivity index (χ3n) is 6.05. The number of imidazole rings is 1. The predicted molar refractivity (Wildman–Crippen MR) is 100 cm³/mol. The number of sulfonamides is 1. The van der Waals surface area contributed by atoms with E-state index in [2.05, 4.69) is 25.3 Å². The van der Waals surface area contributed by atoms with E-state index in [1.165, 1.54) is 31.9 Å². The van der Waals surface area contributed by atoms with Gasteiger partial charge in [0.15, 0.2) is 0 Å². The van der Waals surface area contributed by atoms with Gasteiger partial charge in [0.05, 0.1) is 18.0 Å². The van der Waals surface area contributed by atoms with E-state index in [1.54, 1.807) is 0 Å². The molecule has 3 aromatic heterocycles. The van der Waals surface area contributed by atoms with Crippen molar-refractivity contribution in [1.82, 2.24) is 24.2 Å². The molecular weight excluding hydrogens is 350 g/mol. The SMILES string of the molecule is CS(=O)(=O)NCCc1nc2cnc3[nH]ccc3c2n1[C@@H]1C[C@H]2CC[C@@H]1C2. The van der Waals surface area contributed by atoms with Crippen molar-refractivity contribution < 1.29 is 8.42 Å². The van der Waals surface area contributed by atoms with Gasteiger partial charge in [-0.15, -0.1) is 0 Å². The van der Waals surface area contributed by atoms with E-state index < -0.39 is 10.0 Å². The number of aromatic nitrogens is 4. The zero-order valence-electron chi connectivity index (χ0n) is 14.8. The van der Waals surface area contributed by atoms with Crippen molar-refractivity contribution in [3.63, 3.8) is 0 Å². The number of hydrogen-bond donors (Lipinski definition) is 2. The van der Waals surface area contributed by atoms with E-state index in [9.17, 15) is 8.42 Å². The fourth-order valence-electron chi connectivity index (χ4n) is 5.05. The fourth-order valence-corrected chi connectivity index (χ4v) is 5.52. The molecule has 3 aromatic rings. The number of pyridine rings is 1. The number of fused-ring (bicyclic) bond motifs is 5. The zero-order chi connectivity index (χ0) is 17.9. The second-order valence-electron chi connectivity index (χ2n) is 7.79. The van der Waals surface area contributed by atoms with Gasteiger partial charge in [0, 0.05) is 30.6 Å². The van der Waals surface area contributed by atoms with Crippen LogP contribution in [0.25, 0.3) is 22.1 Å². The Hall–Kier alpha value is -1.93. The van der Waals surface area contributed by atoms with Crippen molar-refractivity contribution in [2.24, 2.45) is 11.8 Å². The topological polar surface area (TPSA) is 92.7 Å². The van der Waals surface area contributed by atoms with Gasteiger partial charge in [-0.25, -0.2) is 23.1 Å². The van der Waals surface area contributed by atoms with E-state index in [0.29, 0.717) is 24.9 Å². The molecule has 2 aliphatic carbocycles. The Morgan fingerprint density at radius 2 is 2.23 bits per heavy atom. The summed E-state index contributed by atoms with van der Waals surface area (Å²) in [6, 6.07) is 2.53. The number of aromatic amines is 1. The van der Waals surface area contributed by atoms with Crippen LogP contribution in [0.15, 0.2) is 18.5 Å². The lowest BCUT2D eigenvalue weighted by atomic mass is 9.94. The summed E-state index contributed by atoms with van der Waals surface area (Å²) in [6.45, 7) is 0.368. The lowest BCUT2D eigenvalue weighted by molar-refractivity contribution is 0.329. The Labute approximate surface area is 152 Å². The van der Waals surface area contributed by atoms with Crippen molar-refractivity contribution in [2.45, 2.75) is 38.1 Å². The quantitative estimate of drug-likeness (QED) is 0.718. The van der Waals surface area contributed by atoms with E-state index in [0.717, 1.165) is 33.8 Å². The summed E-state index contributed by atoms with van der Waals surface area (Å²) in [5.41, 5.74) is 2.92. The van der Waals surface area contributed by atoms with Gasteiger partial charge < -0.3 is 9.55 Å². The van der Waals surface area contributed by atoms with Crippen LogP contribution in [0.3, 0.4) is 0 Å². The lowest BCUT2D eigenvalue weighted by Crippen LogP contribution is -2.26. The molecule has 0 radical (unpaired) electrons. The molecular formula is C18H23N5O2S. The van der Waals surface area contributed by atoms with Gasteiger partial charge in [0.1, 0.15) is 17.0 Å². The zero-order valence-corrected chi connectivity index (χ0v) is 15.6. The molecule has 3 atom stereocenters. The van der Waals surface area contributed by atoms with Gasteiger partial charge in [0.25, 0.3) is 0 Å². The van der Waals surface area contributed by atoms with Gasteiger partial charge >= 0.3 is 0 Å². The largest absolute Gasteiger partial charge is 0.346 e. The number of nitrogens with one attached hydrogen (secondary N) is 2. The molecule has 5 rings (SSSR count). The van der Waals surface area contributed by atoms with Crippen molar-refractivity contribution in [3.05, 3.63) is 24.3 Å². The molecule has 7 nitrogen and oxygen atoms in total. The molecule has 3 heterocycles. The molecule has 2 bridgehead atoms. The molecule has 2 N–H and O–H groups in total. The van der Waals surface area contributed by atoms with Gasteiger partial charge in [-0.2, -0.15) is 0 Å². The molecule has 0 saturated heterocycles. The minimum atomic E-state index is -3.19. The third kappa shape index (κ3) is 2.63. The molecule has 26 heavy (non-hydrogen) atoms. The maximum Gasteiger partial charge on any atom is 0.208 e. The number of nitrogens with zero attached hydrogens (tertiary/aromatic N) is 3. The highest BCUT2D eigenvalue weighted by Gasteiger charge is 2.41. The van der Waals surface area contributed by atoms with E-state index >= 15 is 0 Å². The van der Waals surface area contributed by atoms with Crippen molar-refractivity contribution >= 4 is 32.1 Å². The third-order valence-corrected chi connectivity index (χ3v) is 6.78. The number of rotatable bonds is 5. The standard InChI is InChI=1S/C18H23N5O2S/c1-26(24,25)21-7-5-16-22-14-10-20-18-13(4-6-19-18)17(14)23(16)15-9-11-2-3-12(15)8-11/h4,6,10-12,15,21H,2-3,5,7-9H2,1H3,(H,19,20)/t11-,12+,15+/m0/s1. The molecule has 0 spiro atoms. The highest BCUT2D eigenvalue weighted by atomic mass is 32.2. The molecule has 2 aliphatic rings. The Morgan fingerprint density at radius 3 is 2.96 bits per heavy atom. The van der Waals surface area contributed by atoms with Crippen LogP contribution in [0.5, 0.6) is 0 Å². The van der Waals surface area contributed by atoms with Crippen LogP contribution < -0.4 is 4.72 Å². The van der Waals surface area contributed by atoms with Crippen molar-refractivity contribution in [1.29, 1.82) is 0 Å². The summed E-state index contributed by atoms with van der Waals surface area (Å²) >= 11 is 0. The van der Waals surface area contributed by atoms with Crippen molar-refractivity contribution in [3.8, 4) is 0 Å². The fraction of sp³-hybridized carbons (Fsp3) is 0.556. The summed E-state index contributed by atoms with van der Waals surface area (Å²) in [6.07, 6.45) is 10.7. The molecule has 8 heteroatoms. The average Bonchev–Trinajstić information content (AvgIpc) is 3.34. The first-order chi connectivity index (χ1) is 12.5. The Kier molecular flexibility index (Phi) is 3.62. The van der Waals surface area contributed by atoms with Gasteiger partial charge in [-0.1, -0.05) is 6.42 Å². The predicted octanol–water partition coefficient (Wildman–Crippen LogP) is 2.37. The smallest absolute Gasteiger partial charge is 0.208 e. The maximum absolute atomic E-state index is 11.4. The minimum Gasteiger partial charge on any atom is -0.346 e. The summed E-state index contributed by atoms with van der Waals surface area (Å²) in [4.78, 5) is 12.5. The van der Waals surface area contributed by atoms with Gasteiger partial charge in [-0.3, -0.25) is 0 Å². The Bertz CT molecular complexity index is 1080. The van der Waals surface area contributed by atoms with Crippen LogP contribution in [0.4, 0.5) is 0 Å². The van der Waals surface area contributed by atoms with Crippen LogP contribution in [-0.4, -0.2) is 40.7 Å². The van der Waals surface area contributed by atoms with E-state index in [-0.39, 0.29) is 0 Å². The monoisotopic (exact) mass is 373 g/mol. The van der Waals surface area contributed by atoms with Crippen LogP contribution in [0, 0.1) is 11.8 Å². The molecule has 0 aliphatic heterocycles. The van der Waals surface area contributed by atoms with E-state index in [1.807, 2.05) is 12.4 Å². The second kappa shape index (κ2) is 5.79. The lowest BCUT2D eigenvalue weighted by Gasteiger charge is -2.26. The Balaban J connectivity index is 1.62. The summed E-state index contributed by atoms with van der Waals surface area (Å²) < 4.78 is 27.9. The first-order valence-corrected chi connectivity index (χ1v) is 11.2. The second-order valence-corrected chi connectivity index (χ2v) is 9.62. The molecule has 0 aromatic carbocycles. The maximum atomic E-state index is 11.4. The summed E-state index contributed by atoms with van der Waals surface area (Å²) in [5, 5.41) is 1.10.